The fourth-order valence-corrected chi connectivity index (χ4v) is 3.98. The van der Waals surface area contributed by atoms with Crippen molar-refractivity contribution in [3.8, 4) is 0 Å². The summed E-state index contributed by atoms with van der Waals surface area (Å²) >= 11 is 0. The number of rotatable bonds is 6. The molecule has 2 aliphatic rings. The van der Waals surface area contributed by atoms with Crippen molar-refractivity contribution in [2.45, 2.75) is 64.6 Å². The Morgan fingerprint density at radius 1 is 1.21 bits per heavy atom. The van der Waals surface area contributed by atoms with Crippen LogP contribution in [-0.4, -0.2) is 79.3 Å². The molecule has 0 aromatic carbocycles. The van der Waals surface area contributed by atoms with E-state index in [1.807, 2.05) is 69.9 Å². The standard InChI is InChI=1S/C24H40N6O2.HI/c1-24(2,3)32-23(31)30(17-18-10-11-18)20-12-14-29(15-13-20)22(25-4)26-16-19-8-7-9-21(27-19)28(5)6;/h7-9,18,20H,10-17H2,1-6H3,(H,25,26);1H. The Bertz CT molecular complexity index is 798. The van der Waals surface area contributed by atoms with Crippen molar-refractivity contribution in [2.75, 3.05) is 45.7 Å². The second-order valence-corrected chi connectivity index (χ2v) is 10.1. The summed E-state index contributed by atoms with van der Waals surface area (Å²) in [5.74, 6) is 2.46. The number of carbonyl (C=O) groups is 1. The van der Waals surface area contributed by atoms with Crippen LogP contribution in [0.15, 0.2) is 23.2 Å². The van der Waals surface area contributed by atoms with Crippen molar-refractivity contribution in [2.24, 2.45) is 10.9 Å². The second-order valence-electron chi connectivity index (χ2n) is 10.1. The number of guanidine groups is 1. The van der Waals surface area contributed by atoms with E-state index in [0.717, 1.165) is 49.9 Å². The minimum atomic E-state index is -0.469. The lowest BCUT2D eigenvalue weighted by molar-refractivity contribution is 0.00928. The van der Waals surface area contributed by atoms with Gasteiger partial charge in [0, 0.05) is 46.8 Å². The summed E-state index contributed by atoms with van der Waals surface area (Å²) in [5, 5.41) is 3.45. The Morgan fingerprint density at radius 3 is 2.42 bits per heavy atom. The first-order valence-corrected chi connectivity index (χ1v) is 11.7. The van der Waals surface area contributed by atoms with Crippen LogP contribution in [0.5, 0.6) is 0 Å². The lowest BCUT2D eigenvalue weighted by Gasteiger charge is -2.40. The van der Waals surface area contributed by atoms with Gasteiger partial charge in [0.25, 0.3) is 0 Å². The Balaban J connectivity index is 0.00000385. The van der Waals surface area contributed by atoms with Crippen LogP contribution < -0.4 is 10.2 Å². The van der Waals surface area contributed by atoms with Crippen molar-refractivity contribution in [1.82, 2.24) is 20.1 Å². The van der Waals surface area contributed by atoms with Gasteiger partial charge in [-0.25, -0.2) is 9.78 Å². The van der Waals surface area contributed by atoms with Crippen molar-refractivity contribution < 1.29 is 9.53 Å². The summed E-state index contributed by atoms with van der Waals surface area (Å²) in [7, 11) is 5.80. The van der Waals surface area contributed by atoms with E-state index in [9.17, 15) is 4.79 Å². The number of amides is 1. The summed E-state index contributed by atoms with van der Waals surface area (Å²) in [6, 6.07) is 6.27. The molecular formula is C24H41IN6O2. The first-order chi connectivity index (χ1) is 15.2. The third kappa shape index (κ3) is 8.50. The highest BCUT2D eigenvalue weighted by molar-refractivity contribution is 14.0. The number of hydrogen-bond donors (Lipinski definition) is 1. The third-order valence-corrected chi connectivity index (χ3v) is 5.87. The van der Waals surface area contributed by atoms with Crippen LogP contribution in [0.3, 0.4) is 0 Å². The molecule has 3 rings (SSSR count). The number of anilines is 1. The van der Waals surface area contributed by atoms with Gasteiger partial charge in [0.15, 0.2) is 5.96 Å². The fourth-order valence-electron chi connectivity index (χ4n) is 3.98. The molecule has 1 aliphatic heterocycles. The van der Waals surface area contributed by atoms with Crippen molar-refractivity contribution in [1.29, 1.82) is 0 Å². The summed E-state index contributed by atoms with van der Waals surface area (Å²) in [6.07, 6.45) is 4.11. The number of nitrogens with zero attached hydrogens (tertiary/aromatic N) is 5. The van der Waals surface area contributed by atoms with Gasteiger partial charge in [-0.15, -0.1) is 24.0 Å². The number of halogens is 1. The van der Waals surface area contributed by atoms with Crippen molar-refractivity contribution >= 4 is 41.8 Å². The van der Waals surface area contributed by atoms with Gasteiger partial charge in [-0.05, 0) is 64.5 Å². The third-order valence-electron chi connectivity index (χ3n) is 5.87. The van der Waals surface area contributed by atoms with E-state index in [1.165, 1.54) is 12.8 Å². The summed E-state index contributed by atoms with van der Waals surface area (Å²) in [4.78, 5) is 28.3. The zero-order chi connectivity index (χ0) is 23.3. The van der Waals surface area contributed by atoms with E-state index in [0.29, 0.717) is 12.5 Å². The minimum absolute atomic E-state index is 0. The van der Waals surface area contributed by atoms with Gasteiger partial charge in [-0.1, -0.05) is 6.07 Å². The zero-order valence-electron chi connectivity index (χ0n) is 21.0. The first-order valence-electron chi connectivity index (χ1n) is 11.7. The molecule has 1 saturated heterocycles. The smallest absolute Gasteiger partial charge is 0.410 e. The number of pyridine rings is 1. The molecule has 186 valence electrons. The fraction of sp³-hybridized carbons (Fsp3) is 0.708. The van der Waals surface area contributed by atoms with Crippen molar-refractivity contribution in [3.05, 3.63) is 23.9 Å². The number of aliphatic imine (C=N–C) groups is 1. The van der Waals surface area contributed by atoms with Crippen LogP contribution in [0.2, 0.25) is 0 Å². The van der Waals surface area contributed by atoms with Crippen LogP contribution in [-0.2, 0) is 11.3 Å². The summed E-state index contributed by atoms with van der Waals surface area (Å²) in [6.45, 7) is 8.96. The molecule has 1 aliphatic carbocycles. The molecule has 8 nitrogen and oxygen atoms in total. The van der Waals surface area contributed by atoms with Crippen LogP contribution in [0.4, 0.5) is 10.6 Å². The minimum Gasteiger partial charge on any atom is -0.444 e. The molecule has 0 radical (unpaired) electrons. The average Bonchev–Trinajstić information content (AvgIpc) is 3.56. The molecule has 9 heteroatoms. The number of aromatic nitrogens is 1. The highest BCUT2D eigenvalue weighted by Crippen LogP contribution is 2.32. The van der Waals surface area contributed by atoms with Gasteiger partial charge in [0.2, 0.25) is 0 Å². The van der Waals surface area contributed by atoms with Crippen LogP contribution in [0, 0.1) is 5.92 Å². The number of nitrogens with one attached hydrogen (secondary N) is 1. The quantitative estimate of drug-likeness (QED) is 0.316. The van der Waals surface area contributed by atoms with Gasteiger partial charge < -0.3 is 24.8 Å². The second kappa shape index (κ2) is 12.1. The molecule has 33 heavy (non-hydrogen) atoms. The molecule has 0 unspecified atom stereocenters. The highest BCUT2D eigenvalue weighted by atomic mass is 127. The molecule has 2 fully saturated rings. The number of likely N-dealkylation sites (tertiary alicyclic amines) is 1. The Hall–Kier alpha value is -1.78. The first kappa shape index (κ1) is 27.5. The van der Waals surface area contributed by atoms with E-state index in [2.05, 4.69) is 20.2 Å². The monoisotopic (exact) mass is 572 g/mol. The van der Waals surface area contributed by atoms with Crippen LogP contribution in [0.1, 0.15) is 52.1 Å². The largest absolute Gasteiger partial charge is 0.444 e. The Kier molecular flexibility index (Phi) is 10.1. The van der Waals surface area contributed by atoms with Gasteiger partial charge in [0.1, 0.15) is 11.4 Å². The zero-order valence-corrected chi connectivity index (χ0v) is 23.3. The van der Waals surface area contributed by atoms with Gasteiger partial charge in [0.05, 0.1) is 12.2 Å². The molecule has 1 amide bonds. The lowest BCUT2D eigenvalue weighted by atomic mass is 10.0. The van der Waals surface area contributed by atoms with Gasteiger partial charge >= 0.3 is 6.09 Å². The van der Waals surface area contributed by atoms with E-state index in [1.54, 1.807) is 0 Å². The molecule has 0 bridgehead atoms. The SMILES string of the molecule is CN=C(NCc1cccc(N(C)C)n1)N1CCC(N(CC2CC2)C(=O)OC(C)(C)C)CC1.I. The van der Waals surface area contributed by atoms with E-state index in [-0.39, 0.29) is 36.1 Å². The number of ether oxygens (including phenoxy) is 1. The van der Waals surface area contributed by atoms with E-state index in [4.69, 9.17) is 4.74 Å². The maximum Gasteiger partial charge on any atom is 0.410 e. The Morgan fingerprint density at radius 2 is 1.88 bits per heavy atom. The molecular weight excluding hydrogens is 531 g/mol. The Labute approximate surface area is 216 Å². The average molecular weight is 573 g/mol. The number of piperidine rings is 1. The van der Waals surface area contributed by atoms with Gasteiger partial charge in [-0.3, -0.25) is 4.99 Å². The molecule has 1 aromatic rings. The molecule has 2 heterocycles. The van der Waals surface area contributed by atoms with Crippen LogP contribution in [0.25, 0.3) is 0 Å². The van der Waals surface area contributed by atoms with E-state index < -0.39 is 5.60 Å². The summed E-state index contributed by atoms with van der Waals surface area (Å²) < 4.78 is 5.72. The maximum absolute atomic E-state index is 12.9. The number of hydrogen-bond acceptors (Lipinski definition) is 5. The molecule has 1 aromatic heterocycles. The molecule has 0 atom stereocenters. The molecule has 1 N–H and O–H groups in total. The molecule has 1 saturated carbocycles. The highest BCUT2D eigenvalue weighted by Gasteiger charge is 2.35. The van der Waals surface area contributed by atoms with E-state index >= 15 is 0 Å². The van der Waals surface area contributed by atoms with Crippen LogP contribution >= 0.6 is 24.0 Å². The normalized spacial score (nSPS) is 17.3. The predicted octanol–water partition coefficient (Wildman–Crippen LogP) is 3.95. The maximum atomic E-state index is 12.9. The summed E-state index contributed by atoms with van der Waals surface area (Å²) in [5.41, 5.74) is 0.511. The predicted molar refractivity (Wildman–Crippen MR) is 144 cm³/mol. The molecule has 0 spiro atoms. The number of carbonyl (C=O) groups excluding carboxylic acids is 1. The van der Waals surface area contributed by atoms with Gasteiger partial charge in [-0.2, -0.15) is 0 Å². The lowest BCUT2D eigenvalue weighted by Crippen LogP contribution is -2.52. The van der Waals surface area contributed by atoms with Crippen molar-refractivity contribution in [3.63, 3.8) is 0 Å². The topological polar surface area (TPSA) is 73.3 Å².